The second kappa shape index (κ2) is 7.24. The normalized spacial score (nSPS) is 11.2. The first kappa shape index (κ1) is 17.9. The molecule has 0 aliphatic rings. The van der Waals surface area contributed by atoms with Crippen LogP contribution >= 0.6 is 0 Å². The molecule has 0 aliphatic heterocycles. The van der Waals surface area contributed by atoms with E-state index in [1.165, 1.54) is 11.1 Å². The number of nitrogens with one attached hydrogen (secondary N) is 2. The van der Waals surface area contributed by atoms with Crippen molar-refractivity contribution in [2.24, 2.45) is 11.3 Å². The molecule has 6 heteroatoms. The van der Waals surface area contributed by atoms with Gasteiger partial charge < -0.3 is 15.5 Å². The Hall–Kier alpha value is -2.11. The Morgan fingerprint density at radius 3 is 2.50 bits per heavy atom. The fourth-order valence-electron chi connectivity index (χ4n) is 1.54. The fraction of sp³-hybridized carbons (Fsp3) is 0.562. The number of hydrogen-bond acceptors (Lipinski definition) is 3. The highest BCUT2D eigenvalue weighted by Gasteiger charge is 2.22. The standard InChI is InChI=1S/C16H26N4O2/c1-11(2)16(3,4)10-18-15(22)19-12-7-8-17-13(9-12)14(21)20(5)6/h7-9,11H,10H2,1-6H3,(H2,17,18,19,22). The molecule has 0 saturated heterocycles. The second-order valence-corrected chi connectivity index (χ2v) is 6.58. The second-order valence-electron chi connectivity index (χ2n) is 6.58. The van der Waals surface area contributed by atoms with Crippen molar-refractivity contribution in [1.29, 1.82) is 0 Å². The van der Waals surface area contributed by atoms with Gasteiger partial charge in [-0.25, -0.2) is 4.79 Å². The molecule has 0 aliphatic carbocycles. The van der Waals surface area contributed by atoms with Crippen LogP contribution < -0.4 is 10.6 Å². The van der Waals surface area contributed by atoms with E-state index >= 15 is 0 Å². The van der Waals surface area contributed by atoms with E-state index < -0.39 is 0 Å². The van der Waals surface area contributed by atoms with Gasteiger partial charge in [0.25, 0.3) is 5.91 Å². The number of hydrogen-bond donors (Lipinski definition) is 2. The van der Waals surface area contributed by atoms with E-state index in [2.05, 4.69) is 43.3 Å². The number of nitrogens with zero attached hydrogens (tertiary/aromatic N) is 2. The van der Waals surface area contributed by atoms with Crippen molar-refractivity contribution in [2.45, 2.75) is 27.7 Å². The minimum Gasteiger partial charge on any atom is -0.343 e. The van der Waals surface area contributed by atoms with Crippen molar-refractivity contribution in [2.75, 3.05) is 26.0 Å². The number of urea groups is 1. The van der Waals surface area contributed by atoms with Crippen LogP contribution in [0.1, 0.15) is 38.2 Å². The van der Waals surface area contributed by atoms with Crippen LogP contribution in [-0.4, -0.2) is 42.5 Å². The molecule has 3 amide bonds. The molecule has 22 heavy (non-hydrogen) atoms. The summed E-state index contributed by atoms with van der Waals surface area (Å²) < 4.78 is 0. The van der Waals surface area contributed by atoms with Gasteiger partial charge in [0.1, 0.15) is 5.69 Å². The molecule has 0 spiro atoms. The largest absolute Gasteiger partial charge is 0.343 e. The lowest BCUT2D eigenvalue weighted by atomic mass is 9.81. The summed E-state index contributed by atoms with van der Waals surface area (Å²) in [5.74, 6) is 0.253. The Labute approximate surface area is 132 Å². The van der Waals surface area contributed by atoms with Gasteiger partial charge in [-0.2, -0.15) is 0 Å². The lowest BCUT2D eigenvalue weighted by Gasteiger charge is -2.29. The van der Waals surface area contributed by atoms with Crippen molar-refractivity contribution in [3.63, 3.8) is 0 Å². The Morgan fingerprint density at radius 1 is 1.32 bits per heavy atom. The van der Waals surface area contributed by atoms with E-state index in [-0.39, 0.29) is 17.4 Å². The highest BCUT2D eigenvalue weighted by molar-refractivity contribution is 5.95. The zero-order chi connectivity index (χ0) is 16.9. The third-order valence-corrected chi connectivity index (χ3v) is 3.91. The zero-order valence-corrected chi connectivity index (χ0v) is 14.2. The van der Waals surface area contributed by atoms with Crippen LogP contribution in [0.4, 0.5) is 10.5 Å². The van der Waals surface area contributed by atoms with Gasteiger partial charge in [-0.15, -0.1) is 0 Å². The molecular formula is C16H26N4O2. The Kier molecular flexibility index (Phi) is 5.91. The van der Waals surface area contributed by atoms with Crippen LogP contribution in [0.25, 0.3) is 0 Å². The lowest BCUT2D eigenvalue weighted by molar-refractivity contribution is 0.0822. The first-order valence-corrected chi connectivity index (χ1v) is 7.36. The number of carbonyl (C=O) groups excluding carboxylic acids is 2. The highest BCUT2D eigenvalue weighted by atomic mass is 16.2. The molecule has 0 radical (unpaired) electrons. The molecule has 6 nitrogen and oxygen atoms in total. The summed E-state index contributed by atoms with van der Waals surface area (Å²) in [7, 11) is 3.32. The Bertz CT molecular complexity index is 539. The van der Waals surface area contributed by atoms with Crippen LogP contribution in [0, 0.1) is 11.3 Å². The van der Waals surface area contributed by atoms with Gasteiger partial charge in [-0.05, 0) is 23.5 Å². The van der Waals surface area contributed by atoms with E-state index in [1.54, 1.807) is 26.2 Å². The molecular weight excluding hydrogens is 280 g/mol. The van der Waals surface area contributed by atoms with Crippen molar-refractivity contribution in [3.05, 3.63) is 24.0 Å². The quantitative estimate of drug-likeness (QED) is 0.878. The summed E-state index contributed by atoms with van der Waals surface area (Å²) in [4.78, 5) is 29.3. The third-order valence-electron chi connectivity index (χ3n) is 3.91. The van der Waals surface area contributed by atoms with E-state index in [4.69, 9.17) is 0 Å². The van der Waals surface area contributed by atoms with Crippen LogP contribution in [-0.2, 0) is 0 Å². The van der Waals surface area contributed by atoms with E-state index in [9.17, 15) is 9.59 Å². The van der Waals surface area contributed by atoms with Gasteiger partial charge in [-0.3, -0.25) is 9.78 Å². The highest BCUT2D eigenvalue weighted by Crippen LogP contribution is 2.24. The number of aromatic nitrogens is 1. The molecule has 2 N–H and O–H groups in total. The molecule has 1 aromatic rings. The molecule has 0 bridgehead atoms. The molecule has 0 unspecified atom stereocenters. The lowest BCUT2D eigenvalue weighted by Crippen LogP contribution is -2.39. The number of rotatable bonds is 5. The summed E-state index contributed by atoms with van der Waals surface area (Å²) in [6, 6.07) is 2.93. The van der Waals surface area contributed by atoms with Gasteiger partial charge >= 0.3 is 6.03 Å². The summed E-state index contributed by atoms with van der Waals surface area (Å²) in [5.41, 5.74) is 0.854. The van der Waals surface area contributed by atoms with Crippen molar-refractivity contribution in [1.82, 2.24) is 15.2 Å². The smallest absolute Gasteiger partial charge is 0.319 e. The number of anilines is 1. The molecule has 0 fully saturated rings. The fourth-order valence-corrected chi connectivity index (χ4v) is 1.54. The molecule has 0 saturated carbocycles. The van der Waals surface area contributed by atoms with Gasteiger partial charge in [-0.1, -0.05) is 27.7 Å². The molecule has 122 valence electrons. The summed E-state index contributed by atoms with van der Waals surface area (Å²) >= 11 is 0. The Morgan fingerprint density at radius 2 is 1.95 bits per heavy atom. The molecule has 1 heterocycles. The zero-order valence-electron chi connectivity index (χ0n) is 14.2. The van der Waals surface area contributed by atoms with Crippen LogP contribution in [0.3, 0.4) is 0 Å². The first-order valence-electron chi connectivity index (χ1n) is 7.36. The van der Waals surface area contributed by atoms with Gasteiger partial charge in [0.05, 0.1) is 0 Å². The topological polar surface area (TPSA) is 74.3 Å². The monoisotopic (exact) mass is 306 g/mol. The van der Waals surface area contributed by atoms with Gasteiger partial charge in [0, 0.05) is 32.5 Å². The predicted octanol–water partition coefficient (Wildman–Crippen LogP) is 2.59. The molecule has 0 atom stereocenters. The average Bonchev–Trinajstić information content (AvgIpc) is 2.44. The predicted molar refractivity (Wildman–Crippen MR) is 87.9 cm³/mol. The minimum absolute atomic E-state index is 0.0155. The summed E-state index contributed by atoms with van der Waals surface area (Å²) in [6.45, 7) is 9.05. The molecule has 0 aromatic carbocycles. The van der Waals surface area contributed by atoms with Crippen molar-refractivity contribution < 1.29 is 9.59 Å². The molecule has 1 aromatic heterocycles. The Balaban J connectivity index is 2.66. The maximum Gasteiger partial charge on any atom is 0.319 e. The minimum atomic E-state index is -0.289. The molecule has 1 rings (SSSR count). The number of pyridine rings is 1. The van der Waals surface area contributed by atoms with Crippen molar-refractivity contribution in [3.8, 4) is 0 Å². The summed E-state index contributed by atoms with van der Waals surface area (Å²) in [6.07, 6.45) is 1.50. The number of amides is 3. The number of carbonyl (C=O) groups is 2. The average molecular weight is 306 g/mol. The maximum absolute atomic E-state index is 12.0. The van der Waals surface area contributed by atoms with E-state index in [0.29, 0.717) is 23.8 Å². The van der Waals surface area contributed by atoms with Crippen LogP contribution in [0.5, 0.6) is 0 Å². The van der Waals surface area contributed by atoms with Crippen LogP contribution in [0.2, 0.25) is 0 Å². The van der Waals surface area contributed by atoms with E-state index in [1.807, 2.05) is 0 Å². The first-order chi connectivity index (χ1) is 10.1. The van der Waals surface area contributed by atoms with Gasteiger partial charge in [0.2, 0.25) is 0 Å². The van der Waals surface area contributed by atoms with E-state index in [0.717, 1.165) is 0 Å². The maximum atomic E-state index is 12.0. The third kappa shape index (κ3) is 5.02. The SMILES string of the molecule is CC(C)C(C)(C)CNC(=O)Nc1ccnc(C(=O)N(C)C)c1. The van der Waals surface area contributed by atoms with Crippen LogP contribution in [0.15, 0.2) is 18.3 Å². The van der Waals surface area contributed by atoms with Gasteiger partial charge in [0.15, 0.2) is 0 Å². The summed E-state index contributed by atoms with van der Waals surface area (Å²) in [5, 5.41) is 5.59. The van der Waals surface area contributed by atoms with Crippen molar-refractivity contribution >= 4 is 17.6 Å².